The zero-order valence-electron chi connectivity index (χ0n) is 13.0. The zero-order chi connectivity index (χ0) is 16.5. The van der Waals surface area contributed by atoms with E-state index in [4.69, 9.17) is 9.47 Å². The Balaban J connectivity index is 1.68. The van der Waals surface area contributed by atoms with Crippen LogP contribution in [0.1, 0.15) is 31.4 Å². The van der Waals surface area contributed by atoms with Crippen molar-refractivity contribution in [2.24, 2.45) is 0 Å². The Morgan fingerprint density at radius 2 is 2.22 bits per heavy atom. The molecular weight excluding hydrogens is 311 g/mol. The van der Waals surface area contributed by atoms with E-state index < -0.39 is 11.9 Å². The summed E-state index contributed by atoms with van der Waals surface area (Å²) in [6.07, 6.45) is 1.47. The lowest BCUT2D eigenvalue weighted by Gasteiger charge is -2.34. The molecule has 0 N–H and O–H groups in total. The number of fused-ring (bicyclic) bond motifs is 1. The van der Waals surface area contributed by atoms with Crippen LogP contribution in [-0.4, -0.2) is 53.3 Å². The van der Waals surface area contributed by atoms with Gasteiger partial charge in [0.25, 0.3) is 0 Å². The summed E-state index contributed by atoms with van der Waals surface area (Å²) in [7, 11) is 1.69. The van der Waals surface area contributed by atoms with Crippen molar-refractivity contribution in [3.8, 4) is 5.75 Å². The van der Waals surface area contributed by atoms with Gasteiger partial charge >= 0.3 is 6.18 Å². The minimum absolute atomic E-state index is 0.0306. The molecule has 23 heavy (non-hydrogen) atoms. The summed E-state index contributed by atoms with van der Waals surface area (Å²) in [5.74, 6) is -0.302. The topological polar surface area (TPSA) is 47.5 Å². The van der Waals surface area contributed by atoms with Crippen LogP contribution in [0.3, 0.4) is 0 Å². The van der Waals surface area contributed by atoms with E-state index in [1.54, 1.807) is 7.11 Å². The van der Waals surface area contributed by atoms with Gasteiger partial charge in [-0.1, -0.05) is 0 Å². The zero-order valence-corrected chi connectivity index (χ0v) is 13.0. The molecule has 2 unspecified atom stereocenters. The van der Waals surface area contributed by atoms with Crippen LogP contribution in [0.25, 0.3) is 0 Å². The Hall–Kier alpha value is -1.41. The lowest BCUT2D eigenvalue weighted by Crippen LogP contribution is -2.47. The van der Waals surface area contributed by atoms with Gasteiger partial charge in [-0.05, 0) is 32.2 Å². The third-order valence-corrected chi connectivity index (χ3v) is 4.83. The van der Waals surface area contributed by atoms with Crippen molar-refractivity contribution in [1.82, 2.24) is 14.9 Å². The van der Waals surface area contributed by atoms with E-state index in [-0.39, 0.29) is 23.9 Å². The molecule has 1 aromatic heterocycles. The van der Waals surface area contributed by atoms with Crippen LogP contribution in [0.2, 0.25) is 0 Å². The summed E-state index contributed by atoms with van der Waals surface area (Å²) >= 11 is 0. The van der Waals surface area contributed by atoms with Gasteiger partial charge < -0.3 is 9.47 Å². The van der Waals surface area contributed by atoms with Crippen molar-refractivity contribution in [3.63, 3.8) is 0 Å². The first-order chi connectivity index (χ1) is 11.0. The van der Waals surface area contributed by atoms with E-state index in [0.717, 1.165) is 44.8 Å². The van der Waals surface area contributed by atoms with Crippen molar-refractivity contribution in [2.45, 2.75) is 43.4 Å². The highest BCUT2D eigenvalue weighted by molar-refractivity contribution is 5.26. The molecule has 0 bridgehead atoms. The van der Waals surface area contributed by atoms with E-state index in [1.165, 1.54) is 0 Å². The highest BCUT2D eigenvalue weighted by Crippen LogP contribution is 2.43. The summed E-state index contributed by atoms with van der Waals surface area (Å²) in [5, 5.41) is 0. The Kier molecular flexibility index (Phi) is 4.46. The fourth-order valence-electron chi connectivity index (χ4n) is 3.88. The molecule has 0 aliphatic carbocycles. The van der Waals surface area contributed by atoms with E-state index in [9.17, 15) is 13.2 Å². The second-order valence-corrected chi connectivity index (χ2v) is 6.19. The Morgan fingerprint density at radius 3 is 2.96 bits per heavy atom. The van der Waals surface area contributed by atoms with Crippen LogP contribution in [0, 0.1) is 0 Å². The number of rotatable bonds is 5. The number of hydrogen-bond donors (Lipinski definition) is 0. The minimum Gasteiger partial charge on any atom is -0.488 e. The van der Waals surface area contributed by atoms with Crippen molar-refractivity contribution in [3.05, 3.63) is 18.2 Å². The molecule has 0 spiro atoms. The lowest BCUT2D eigenvalue weighted by molar-refractivity contribution is -0.142. The van der Waals surface area contributed by atoms with Crippen molar-refractivity contribution in [2.75, 3.05) is 26.9 Å². The largest absolute Gasteiger partial charge is 0.488 e. The number of methoxy groups -OCH3 is 1. The number of halogens is 3. The van der Waals surface area contributed by atoms with Crippen molar-refractivity contribution in [1.29, 1.82) is 0 Å². The highest BCUT2D eigenvalue weighted by Gasteiger charge is 2.49. The van der Waals surface area contributed by atoms with Gasteiger partial charge in [0.2, 0.25) is 0 Å². The summed E-state index contributed by atoms with van der Waals surface area (Å²) in [4.78, 5) is 9.29. The van der Waals surface area contributed by atoms with Gasteiger partial charge in [0.05, 0.1) is 12.8 Å². The molecule has 128 valence electrons. The van der Waals surface area contributed by atoms with Crippen LogP contribution in [-0.2, 0) is 10.9 Å². The third kappa shape index (κ3) is 3.14. The third-order valence-electron chi connectivity index (χ3n) is 4.83. The van der Waals surface area contributed by atoms with E-state index in [1.807, 2.05) is 0 Å². The number of alkyl halides is 3. The van der Waals surface area contributed by atoms with Gasteiger partial charge in [-0.15, -0.1) is 0 Å². The summed E-state index contributed by atoms with van der Waals surface area (Å²) < 4.78 is 49.6. The quantitative estimate of drug-likeness (QED) is 0.830. The molecule has 1 aromatic rings. The maximum Gasteiger partial charge on any atom is 0.437 e. The molecule has 8 heteroatoms. The Morgan fingerprint density at radius 1 is 1.39 bits per heavy atom. The maximum atomic E-state index is 12.9. The van der Waals surface area contributed by atoms with Crippen molar-refractivity contribution >= 4 is 0 Å². The number of ether oxygens (including phenoxy) is 2. The second-order valence-electron chi connectivity index (χ2n) is 6.19. The first-order valence-corrected chi connectivity index (χ1v) is 7.72. The van der Waals surface area contributed by atoms with Gasteiger partial charge in [-0.25, -0.2) is 9.97 Å². The predicted molar refractivity (Wildman–Crippen MR) is 76.1 cm³/mol. The van der Waals surface area contributed by atoms with Gasteiger partial charge in [-0.2, -0.15) is 13.2 Å². The van der Waals surface area contributed by atoms with Crippen LogP contribution in [0.5, 0.6) is 5.75 Å². The van der Waals surface area contributed by atoms with E-state index in [2.05, 4.69) is 14.9 Å². The molecular formula is C15H20F3N3O2. The molecule has 2 atom stereocenters. The van der Waals surface area contributed by atoms with Gasteiger partial charge in [-0.3, -0.25) is 4.90 Å². The Labute approximate surface area is 132 Å². The predicted octanol–water partition coefficient (Wildman–Crippen LogP) is 2.52. The SMILES string of the molecule is COCC12CCCN1C(COc1cncnc1C(F)(F)F)CC2. The normalized spacial score (nSPS) is 28.1. The molecule has 0 radical (unpaired) electrons. The molecule has 5 nitrogen and oxygen atoms in total. The smallest absolute Gasteiger partial charge is 0.437 e. The first kappa shape index (κ1) is 16.4. The van der Waals surface area contributed by atoms with Gasteiger partial charge in [0, 0.05) is 18.7 Å². The number of nitrogens with zero attached hydrogens (tertiary/aromatic N) is 3. The molecule has 3 rings (SSSR count). The first-order valence-electron chi connectivity index (χ1n) is 7.72. The maximum absolute atomic E-state index is 12.9. The lowest BCUT2D eigenvalue weighted by atomic mass is 9.95. The average Bonchev–Trinajstić information content (AvgIpc) is 3.04. The highest BCUT2D eigenvalue weighted by atomic mass is 19.4. The molecule has 2 saturated heterocycles. The average molecular weight is 331 g/mol. The minimum atomic E-state index is -4.54. The van der Waals surface area contributed by atoms with Crippen LogP contribution < -0.4 is 4.74 Å². The molecule has 0 amide bonds. The van der Waals surface area contributed by atoms with Crippen LogP contribution >= 0.6 is 0 Å². The Bertz CT molecular complexity index is 555. The van der Waals surface area contributed by atoms with Crippen LogP contribution in [0.4, 0.5) is 13.2 Å². The monoisotopic (exact) mass is 331 g/mol. The van der Waals surface area contributed by atoms with Gasteiger partial charge in [0.15, 0.2) is 11.4 Å². The fraction of sp³-hybridized carbons (Fsp3) is 0.733. The van der Waals surface area contributed by atoms with E-state index >= 15 is 0 Å². The molecule has 0 aromatic carbocycles. The fourth-order valence-corrected chi connectivity index (χ4v) is 3.88. The standard InChI is InChI=1S/C15H20F3N3O2/c1-22-9-14-4-2-6-21(14)11(3-5-14)8-23-12-7-19-10-20-13(12)15(16,17)18/h7,10-11H,2-6,8-9H2,1H3. The molecule has 2 aliphatic heterocycles. The van der Waals surface area contributed by atoms with E-state index in [0.29, 0.717) is 6.61 Å². The summed E-state index contributed by atoms with van der Waals surface area (Å²) in [5.41, 5.74) is -0.988. The molecule has 2 fully saturated rings. The second kappa shape index (κ2) is 6.24. The summed E-state index contributed by atoms with van der Waals surface area (Å²) in [6.45, 7) is 1.81. The summed E-state index contributed by atoms with van der Waals surface area (Å²) in [6, 6.07) is 0.105. The molecule has 3 heterocycles. The molecule has 2 aliphatic rings. The van der Waals surface area contributed by atoms with Gasteiger partial charge in [0.1, 0.15) is 12.9 Å². The number of aromatic nitrogens is 2. The van der Waals surface area contributed by atoms with Crippen LogP contribution in [0.15, 0.2) is 12.5 Å². The van der Waals surface area contributed by atoms with Crippen molar-refractivity contribution < 1.29 is 22.6 Å². The number of hydrogen-bond acceptors (Lipinski definition) is 5. The molecule has 0 saturated carbocycles.